The van der Waals surface area contributed by atoms with E-state index in [0.29, 0.717) is 35.4 Å². The predicted octanol–water partition coefficient (Wildman–Crippen LogP) is 3.41. The molecular weight excluding hydrogens is 316 g/mol. The van der Waals surface area contributed by atoms with Crippen LogP contribution >= 0.6 is 11.6 Å². The molecule has 2 aromatic rings. The second-order valence-corrected chi connectivity index (χ2v) is 4.94. The molecule has 0 unspecified atom stereocenters. The summed E-state index contributed by atoms with van der Waals surface area (Å²) in [5, 5.41) is 3.17. The third kappa shape index (κ3) is 5.39. The molecule has 1 heterocycles. The number of benzene rings is 1. The predicted molar refractivity (Wildman–Crippen MR) is 90.7 cm³/mol. The van der Waals surface area contributed by atoms with Crippen LogP contribution in [0.2, 0.25) is 5.02 Å². The average molecular weight is 333 g/mol. The third-order valence-electron chi connectivity index (χ3n) is 2.85. The second-order valence-electron chi connectivity index (χ2n) is 4.53. The Morgan fingerprint density at radius 2 is 2.13 bits per heavy atom. The lowest BCUT2D eigenvalue weighted by Crippen LogP contribution is -2.11. The SMILES string of the molecule is COCCOc1c(Cl)cccc1NC(=O)/C=C/c1ccccn1. The number of hydrogen-bond donors (Lipinski definition) is 1. The number of amides is 1. The molecule has 0 atom stereocenters. The van der Waals surface area contributed by atoms with E-state index in [1.165, 1.54) is 6.08 Å². The molecule has 0 bridgehead atoms. The van der Waals surface area contributed by atoms with Gasteiger partial charge >= 0.3 is 0 Å². The summed E-state index contributed by atoms with van der Waals surface area (Å²) in [6, 6.07) is 10.6. The van der Waals surface area contributed by atoms with Gasteiger partial charge in [-0.25, -0.2) is 0 Å². The Morgan fingerprint density at radius 3 is 2.87 bits per heavy atom. The van der Waals surface area contributed by atoms with Crippen LogP contribution < -0.4 is 10.1 Å². The molecular formula is C17H17ClN2O3. The van der Waals surface area contributed by atoms with E-state index in [-0.39, 0.29) is 5.91 Å². The number of carbonyl (C=O) groups is 1. The van der Waals surface area contributed by atoms with Gasteiger partial charge < -0.3 is 14.8 Å². The zero-order chi connectivity index (χ0) is 16.5. The van der Waals surface area contributed by atoms with Crippen molar-refractivity contribution >= 4 is 29.3 Å². The number of nitrogens with zero attached hydrogens (tertiary/aromatic N) is 1. The van der Waals surface area contributed by atoms with Crippen molar-refractivity contribution in [1.29, 1.82) is 0 Å². The van der Waals surface area contributed by atoms with Crippen LogP contribution in [0.3, 0.4) is 0 Å². The number of anilines is 1. The molecule has 23 heavy (non-hydrogen) atoms. The molecule has 2 rings (SSSR count). The van der Waals surface area contributed by atoms with Gasteiger partial charge in [0.2, 0.25) is 5.91 Å². The van der Waals surface area contributed by atoms with Crippen LogP contribution in [0.1, 0.15) is 5.69 Å². The molecule has 0 aliphatic carbocycles. The fraction of sp³-hybridized carbons (Fsp3) is 0.176. The topological polar surface area (TPSA) is 60.5 Å². The van der Waals surface area contributed by atoms with Crippen LogP contribution in [0.5, 0.6) is 5.75 Å². The first kappa shape index (κ1) is 17.0. The second kappa shape index (κ2) is 8.92. The van der Waals surface area contributed by atoms with Crippen LogP contribution in [0.4, 0.5) is 5.69 Å². The van der Waals surface area contributed by atoms with E-state index in [9.17, 15) is 4.79 Å². The lowest BCUT2D eigenvalue weighted by Gasteiger charge is -2.13. The van der Waals surface area contributed by atoms with E-state index >= 15 is 0 Å². The van der Waals surface area contributed by atoms with Gasteiger partial charge in [0.05, 0.1) is 23.0 Å². The summed E-state index contributed by atoms with van der Waals surface area (Å²) >= 11 is 6.12. The van der Waals surface area contributed by atoms with Crippen molar-refractivity contribution in [2.45, 2.75) is 0 Å². The molecule has 0 aliphatic heterocycles. The van der Waals surface area contributed by atoms with Gasteiger partial charge in [-0.1, -0.05) is 23.7 Å². The van der Waals surface area contributed by atoms with Crippen molar-refractivity contribution in [2.24, 2.45) is 0 Å². The quantitative estimate of drug-likeness (QED) is 0.623. The van der Waals surface area contributed by atoms with E-state index in [4.69, 9.17) is 21.1 Å². The first-order chi connectivity index (χ1) is 11.2. The largest absolute Gasteiger partial charge is 0.487 e. The molecule has 0 aliphatic rings. The minimum atomic E-state index is -0.297. The van der Waals surface area contributed by atoms with E-state index in [0.717, 1.165) is 0 Å². The molecule has 0 fully saturated rings. The van der Waals surface area contributed by atoms with Crippen LogP contribution in [0.25, 0.3) is 6.08 Å². The van der Waals surface area contributed by atoms with Crippen molar-refractivity contribution in [3.63, 3.8) is 0 Å². The average Bonchev–Trinajstić information content (AvgIpc) is 2.56. The van der Waals surface area contributed by atoms with Crippen molar-refractivity contribution in [2.75, 3.05) is 25.6 Å². The summed E-state index contributed by atoms with van der Waals surface area (Å²) in [6.45, 7) is 0.769. The standard InChI is InChI=1S/C17H17ClN2O3/c1-22-11-12-23-17-14(18)6-4-7-15(17)20-16(21)9-8-13-5-2-3-10-19-13/h2-10H,11-12H2,1H3,(H,20,21)/b9-8+. The minimum Gasteiger partial charge on any atom is -0.487 e. The van der Waals surface area contributed by atoms with E-state index in [1.807, 2.05) is 18.2 Å². The van der Waals surface area contributed by atoms with Gasteiger partial charge in [0.1, 0.15) is 6.61 Å². The van der Waals surface area contributed by atoms with E-state index < -0.39 is 0 Å². The summed E-state index contributed by atoms with van der Waals surface area (Å²) < 4.78 is 10.5. The summed E-state index contributed by atoms with van der Waals surface area (Å²) in [4.78, 5) is 16.1. The summed E-state index contributed by atoms with van der Waals surface area (Å²) in [5.41, 5.74) is 1.20. The summed E-state index contributed by atoms with van der Waals surface area (Å²) in [5.74, 6) is 0.125. The van der Waals surface area contributed by atoms with Crippen molar-refractivity contribution in [3.8, 4) is 5.75 Å². The maximum absolute atomic E-state index is 12.0. The molecule has 120 valence electrons. The minimum absolute atomic E-state index is 0.297. The molecule has 0 spiro atoms. The smallest absolute Gasteiger partial charge is 0.248 e. The molecule has 5 nitrogen and oxygen atoms in total. The number of carbonyl (C=O) groups excluding carboxylic acids is 1. The van der Waals surface area contributed by atoms with Crippen LogP contribution in [-0.4, -0.2) is 31.2 Å². The van der Waals surface area contributed by atoms with Crippen molar-refractivity contribution in [1.82, 2.24) is 4.98 Å². The van der Waals surface area contributed by atoms with Gasteiger partial charge in [-0.2, -0.15) is 0 Å². The van der Waals surface area contributed by atoms with E-state index in [1.54, 1.807) is 37.6 Å². The molecule has 0 saturated heterocycles. The number of para-hydroxylation sites is 1. The van der Waals surface area contributed by atoms with Crippen LogP contribution in [0.15, 0.2) is 48.7 Å². The number of halogens is 1. The molecule has 1 aromatic carbocycles. The normalized spacial score (nSPS) is 10.7. The maximum Gasteiger partial charge on any atom is 0.248 e. The summed E-state index contributed by atoms with van der Waals surface area (Å²) in [7, 11) is 1.58. The highest BCUT2D eigenvalue weighted by molar-refractivity contribution is 6.32. The van der Waals surface area contributed by atoms with Gasteiger partial charge in [0.25, 0.3) is 0 Å². The molecule has 0 saturated carbocycles. The van der Waals surface area contributed by atoms with Gasteiger partial charge in [0.15, 0.2) is 5.75 Å². The number of hydrogen-bond acceptors (Lipinski definition) is 4. The fourth-order valence-electron chi connectivity index (χ4n) is 1.79. The molecule has 1 N–H and O–H groups in total. The van der Waals surface area contributed by atoms with Crippen molar-refractivity contribution < 1.29 is 14.3 Å². The Hall–Kier alpha value is -2.37. The monoisotopic (exact) mass is 332 g/mol. The number of nitrogens with one attached hydrogen (secondary N) is 1. The lowest BCUT2D eigenvalue weighted by atomic mass is 10.2. The lowest BCUT2D eigenvalue weighted by molar-refractivity contribution is -0.111. The molecule has 0 radical (unpaired) electrons. The Bertz CT molecular complexity index is 675. The number of pyridine rings is 1. The molecule has 1 amide bonds. The third-order valence-corrected chi connectivity index (χ3v) is 3.15. The Morgan fingerprint density at radius 1 is 1.26 bits per heavy atom. The van der Waals surface area contributed by atoms with Crippen LogP contribution in [-0.2, 0) is 9.53 Å². The van der Waals surface area contributed by atoms with Crippen LogP contribution in [0, 0.1) is 0 Å². The first-order valence-corrected chi connectivity index (χ1v) is 7.39. The number of methoxy groups -OCH3 is 1. The number of aromatic nitrogens is 1. The van der Waals surface area contributed by atoms with Crippen molar-refractivity contribution in [3.05, 3.63) is 59.4 Å². The van der Waals surface area contributed by atoms with Gasteiger partial charge in [0, 0.05) is 19.4 Å². The number of rotatable bonds is 7. The fourth-order valence-corrected chi connectivity index (χ4v) is 2.02. The van der Waals surface area contributed by atoms with E-state index in [2.05, 4.69) is 10.3 Å². The van der Waals surface area contributed by atoms with Gasteiger partial charge in [-0.15, -0.1) is 0 Å². The Labute approximate surface area is 139 Å². The first-order valence-electron chi connectivity index (χ1n) is 7.01. The Kier molecular flexibility index (Phi) is 6.59. The molecule has 1 aromatic heterocycles. The maximum atomic E-state index is 12.0. The highest BCUT2D eigenvalue weighted by atomic mass is 35.5. The zero-order valence-corrected chi connectivity index (χ0v) is 13.4. The van der Waals surface area contributed by atoms with Gasteiger partial charge in [-0.05, 0) is 30.3 Å². The highest BCUT2D eigenvalue weighted by Gasteiger charge is 2.10. The summed E-state index contributed by atoms with van der Waals surface area (Å²) in [6.07, 6.45) is 4.70. The highest BCUT2D eigenvalue weighted by Crippen LogP contribution is 2.32. The zero-order valence-electron chi connectivity index (χ0n) is 12.7. The van der Waals surface area contributed by atoms with Gasteiger partial charge in [-0.3, -0.25) is 9.78 Å². The Balaban J connectivity index is 2.05. The number of ether oxygens (including phenoxy) is 2. The molecule has 6 heteroatoms.